The molecule has 0 saturated carbocycles. The minimum atomic E-state index is -0.293. The van der Waals surface area contributed by atoms with E-state index in [1.165, 1.54) is 0 Å². The van der Waals surface area contributed by atoms with Crippen molar-refractivity contribution in [1.29, 1.82) is 0 Å². The molecule has 1 heterocycles. The number of benzene rings is 1. The summed E-state index contributed by atoms with van der Waals surface area (Å²) in [6.07, 6.45) is 1.15. The minimum absolute atomic E-state index is 0.215. The number of nitrogens with zero attached hydrogens (tertiary/aromatic N) is 1. The highest BCUT2D eigenvalue weighted by Gasteiger charge is 2.23. The van der Waals surface area contributed by atoms with E-state index in [1.54, 1.807) is 4.90 Å². The van der Waals surface area contributed by atoms with Crippen molar-refractivity contribution in [2.45, 2.75) is 19.3 Å². The van der Waals surface area contributed by atoms with Gasteiger partial charge in [-0.05, 0) is 23.6 Å². The van der Waals surface area contributed by atoms with Crippen LogP contribution in [0, 0.1) is 0 Å². The minimum Gasteiger partial charge on any atom is -0.447 e. The fourth-order valence-electron chi connectivity index (χ4n) is 1.89. The maximum atomic E-state index is 11.4. The van der Waals surface area contributed by atoms with Crippen molar-refractivity contribution in [2.75, 3.05) is 18.1 Å². The number of hydrogen-bond donors (Lipinski definition) is 0. The molecule has 0 unspecified atom stereocenters. The molecule has 0 bridgehead atoms. The van der Waals surface area contributed by atoms with E-state index in [-0.39, 0.29) is 12.0 Å². The van der Waals surface area contributed by atoms with Crippen molar-refractivity contribution < 1.29 is 14.3 Å². The van der Waals surface area contributed by atoms with Gasteiger partial charge in [-0.1, -0.05) is 19.1 Å². The summed E-state index contributed by atoms with van der Waals surface area (Å²) in [5.41, 5.74) is 1.95. The molecule has 0 N–H and O–H groups in total. The molecular weight excluding hydrogens is 218 g/mol. The Hall–Kier alpha value is -1.84. The Labute approximate surface area is 100 Å². The summed E-state index contributed by atoms with van der Waals surface area (Å²) >= 11 is 0. The maximum Gasteiger partial charge on any atom is 0.414 e. The fourth-order valence-corrected chi connectivity index (χ4v) is 1.89. The average molecular weight is 233 g/mol. The van der Waals surface area contributed by atoms with E-state index >= 15 is 0 Å². The van der Waals surface area contributed by atoms with Gasteiger partial charge in [0.15, 0.2) is 0 Å². The van der Waals surface area contributed by atoms with Gasteiger partial charge >= 0.3 is 6.09 Å². The van der Waals surface area contributed by atoms with Crippen molar-refractivity contribution in [2.24, 2.45) is 0 Å². The molecule has 2 rings (SSSR count). The van der Waals surface area contributed by atoms with E-state index in [0.717, 1.165) is 17.5 Å². The van der Waals surface area contributed by atoms with Crippen molar-refractivity contribution >= 4 is 18.1 Å². The van der Waals surface area contributed by atoms with Gasteiger partial charge in [-0.25, -0.2) is 4.79 Å². The van der Waals surface area contributed by atoms with Gasteiger partial charge in [0.1, 0.15) is 12.9 Å². The monoisotopic (exact) mass is 233 g/mol. The zero-order chi connectivity index (χ0) is 12.3. The Bertz CT molecular complexity index is 413. The molecule has 1 amide bonds. The molecule has 0 aliphatic carbocycles. The van der Waals surface area contributed by atoms with Gasteiger partial charge in [0.25, 0.3) is 0 Å². The number of carbonyl (C=O) groups excluding carboxylic acids is 2. The molecule has 1 aromatic rings. The number of rotatable bonds is 4. The second-order valence-corrected chi connectivity index (χ2v) is 4.16. The third kappa shape index (κ3) is 2.46. The standard InChI is InChI=1S/C13H15NO3/c1-10(6-8-15)11-2-4-12(5-3-11)14-7-9-17-13(14)16/h2-5,8,10H,6-7,9H2,1H3/t10-/m1/s1. The van der Waals surface area contributed by atoms with E-state index in [0.29, 0.717) is 19.6 Å². The molecule has 90 valence electrons. The van der Waals surface area contributed by atoms with E-state index in [2.05, 4.69) is 0 Å². The predicted octanol–water partition coefficient (Wildman–Crippen LogP) is 2.34. The number of anilines is 1. The third-order valence-electron chi connectivity index (χ3n) is 2.98. The van der Waals surface area contributed by atoms with Crippen LogP contribution in [-0.4, -0.2) is 25.5 Å². The molecule has 1 atom stereocenters. The van der Waals surface area contributed by atoms with Crippen LogP contribution in [0.3, 0.4) is 0 Å². The summed E-state index contributed by atoms with van der Waals surface area (Å²) in [6.45, 7) is 3.05. The zero-order valence-electron chi connectivity index (χ0n) is 9.76. The van der Waals surface area contributed by atoms with Gasteiger partial charge in [-0.2, -0.15) is 0 Å². The second-order valence-electron chi connectivity index (χ2n) is 4.16. The molecular formula is C13H15NO3. The lowest BCUT2D eigenvalue weighted by Crippen LogP contribution is -2.23. The number of hydrogen-bond acceptors (Lipinski definition) is 3. The van der Waals surface area contributed by atoms with Crippen LogP contribution in [0.4, 0.5) is 10.5 Å². The highest BCUT2D eigenvalue weighted by atomic mass is 16.6. The van der Waals surface area contributed by atoms with Crippen LogP contribution >= 0.6 is 0 Å². The zero-order valence-corrected chi connectivity index (χ0v) is 9.76. The molecule has 17 heavy (non-hydrogen) atoms. The summed E-state index contributed by atoms with van der Waals surface area (Å²) < 4.78 is 4.88. The molecule has 1 aliphatic heterocycles. The number of ether oxygens (including phenoxy) is 1. The lowest BCUT2D eigenvalue weighted by Gasteiger charge is -2.14. The van der Waals surface area contributed by atoms with Crippen LogP contribution in [0.5, 0.6) is 0 Å². The van der Waals surface area contributed by atoms with Crippen molar-refractivity contribution in [3.05, 3.63) is 29.8 Å². The first-order valence-corrected chi connectivity index (χ1v) is 5.70. The first kappa shape index (κ1) is 11.6. The highest BCUT2D eigenvalue weighted by molar-refractivity contribution is 5.89. The Morgan fingerprint density at radius 2 is 2.12 bits per heavy atom. The van der Waals surface area contributed by atoms with Gasteiger partial charge in [-0.15, -0.1) is 0 Å². The Balaban J connectivity index is 2.12. The smallest absolute Gasteiger partial charge is 0.414 e. The van der Waals surface area contributed by atoms with Crippen molar-refractivity contribution in [1.82, 2.24) is 0 Å². The molecule has 1 aliphatic rings. The summed E-state index contributed by atoms with van der Waals surface area (Å²) in [5.74, 6) is 0.215. The highest BCUT2D eigenvalue weighted by Crippen LogP contribution is 2.23. The number of carbonyl (C=O) groups is 2. The SMILES string of the molecule is C[C@H](CC=O)c1ccc(N2CCOC2=O)cc1. The van der Waals surface area contributed by atoms with Crippen LogP contribution in [0.25, 0.3) is 0 Å². The Kier molecular flexibility index (Phi) is 3.42. The Morgan fingerprint density at radius 3 is 2.65 bits per heavy atom. The van der Waals surface area contributed by atoms with Crippen LogP contribution in [0.15, 0.2) is 24.3 Å². The first-order valence-electron chi connectivity index (χ1n) is 5.70. The molecule has 4 heteroatoms. The van der Waals surface area contributed by atoms with Gasteiger partial charge in [-0.3, -0.25) is 4.90 Å². The van der Waals surface area contributed by atoms with E-state index in [1.807, 2.05) is 31.2 Å². The van der Waals surface area contributed by atoms with E-state index in [9.17, 15) is 9.59 Å². The van der Waals surface area contributed by atoms with Crippen LogP contribution in [0.2, 0.25) is 0 Å². The lowest BCUT2D eigenvalue weighted by molar-refractivity contribution is -0.108. The summed E-state index contributed by atoms with van der Waals surface area (Å²) in [4.78, 5) is 23.4. The van der Waals surface area contributed by atoms with E-state index in [4.69, 9.17) is 4.74 Å². The summed E-state index contributed by atoms with van der Waals surface area (Å²) in [7, 11) is 0. The lowest BCUT2D eigenvalue weighted by atomic mass is 9.98. The number of aldehydes is 1. The predicted molar refractivity (Wildman–Crippen MR) is 64.2 cm³/mol. The van der Waals surface area contributed by atoms with Crippen molar-refractivity contribution in [3.63, 3.8) is 0 Å². The fraction of sp³-hybridized carbons (Fsp3) is 0.385. The van der Waals surface area contributed by atoms with Crippen molar-refractivity contribution in [3.8, 4) is 0 Å². The topological polar surface area (TPSA) is 46.6 Å². The summed E-state index contributed by atoms with van der Waals surface area (Å²) in [6, 6.07) is 7.69. The molecule has 0 spiro atoms. The molecule has 1 saturated heterocycles. The molecule has 1 aromatic carbocycles. The molecule has 1 fully saturated rings. The Morgan fingerprint density at radius 1 is 1.41 bits per heavy atom. The van der Waals surface area contributed by atoms with Crippen LogP contribution < -0.4 is 4.90 Å². The number of cyclic esters (lactones) is 1. The maximum absolute atomic E-state index is 11.4. The first-order chi connectivity index (χ1) is 8.22. The van der Waals surface area contributed by atoms with Crippen LogP contribution in [0.1, 0.15) is 24.8 Å². The largest absolute Gasteiger partial charge is 0.447 e. The summed E-state index contributed by atoms with van der Waals surface area (Å²) in [5, 5.41) is 0. The quantitative estimate of drug-likeness (QED) is 0.750. The second kappa shape index (κ2) is 4.99. The number of amides is 1. The van der Waals surface area contributed by atoms with Gasteiger partial charge in [0.05, 0.1) is 6.54 Å². The van der Waals surface area contributed by atoms with Gasteiger partial charge in [0, 0.05) is 12.1 Å². The van der Waals surface area contributed by atoms with Crippen LogP contribution in [-0.2, 0) is 9.53 Å². The third-order valence-corrected chi connectivity index (χ3v) is 2.98. The van der Waals surface area contributed by atoms with Gasteiger partial charge in [0.2, 0.25) is 0 Å². The molecule has 4 nitrogen and oxygen atoms in total. The molecule has 0 radical (unpaired) electrons. The molecule has 0 aromatic heterocycles. The average Bonchev–Trinajstić information content (AvgIpc) is 2.76. The normalized spacial score (nSPS) is 16.8. The van der Waals surface area contributed by atoms with Gasteiger partial charge < -0.3 is 9.53 Å². The van der Waals surface area contributed by atoms with E-state index < -0.39 is 0 Å².